The van der Waals surface area contributed by atoms with Crippen molar-refractivity contribution in [3.05, 3.63) is 84.2 Å². The molecule has 0 unspecified atom stereocenters. The molecular formula is C28H32IN5O6. The minimum atomic E-state index is -1.23. The number of carbonyl (C=O) groups excluding carboxylic acids is 1. The summed E-state index contributed by atoms with van der Waals surface area (Å²) < 4.78 is 15.4. The van der Waals surface area contributed by atoms with Gasteiger partial charge < -0.3 is 59.8 Å². The number of aliphatic hydroxyl groups excluding tert-OH is 3. The molecule has 212 valence electrons. The summed E-state index contributed by atoms with van der Waals surface area (Å²) >= 11 is 0. The first-order chi connectivity index (χ1) is 18.9. The van der Waals surface area contributed by atoms with Crippen LogP contribution in [0.1, 0.15) is 28.6 Å². The zero-order chi connectivity index (χ0) is 27.4. The van der Waals surface area contributed by atoms with Crippen LogP contribution in [0.4, 0.5) is 5.95 Å². The number of aryl methyl sites for hydroxylation is 1. The van der Waals surface area contributed by atoms with Crippen molar-refractivity contribution in [3.63, 3.8) is 0 Å². The fourth-order valence-electron chi connectivity index (χ4n) is 4.65. The Labute approximate surface area is 248 Å². The number of imidazole rings is 1. The van der Waals surface area contributed by atoms with Gasteiger partial charge in [-0.3, -0.25) is 9.36 Å². The number of rotatable bonds is 11. The number of amides is 1. The summed E-state index contributed by atoms with van der Waals surface area (Å²) in [6, 6.07) is 18.6. The van der Waals surface area contributed by atoms with Crippen molar-refractivity contribution >= 4 is 22.9 Å². The Morgan fingerprint density at radius 2 is 1.88 bits per heavy atom. The molecule has 40 heavy (non-hydrogen) atoms. The van der Waals surface area contributed by atoms with E-state index in [1.165, 1.54) is 0 Å². The SMILES string of the molecule is NC(=O)c1cc[n+](CCCOc2cccc(CNc3nc4ccccc4n3[C@@H]3O[C@H](CO)[C@@H](O)[C@H]3O)c2)cc1.[I-]. The minimum absolute atomic E-state index is 0. The maximum absolute atomic E-state index is 11.2. The van der Waals surface area contributed by atoms with Crippen molar-refractivity contribution in [1.29, 1.82) is 0 Å². The molecule has 4 atom stereocenters. The van der Waals surface area contributed by atoms with E-state index in [2.05, 4.69) is 10.3 Å². The van der Waals surface area contributed by atoms with Crippen LogP contribution in [0.25, 0.3) is 11.0 Å². The lowest BCUT2D eigenvalue weighted by atomic mass is 10.1. The summed E-state index contributed by atoms with van der Waals surface area (Å²) in [4.78, 5) is 15.9. The van der Waals surface area contributed by atoms with Gasteiger partial charge in [-0.25, -0.2) is 9.55 Å². The average Bonchev–Trinajstić information content (AvgIpc) is 3.46. The number of halogens is 1. The number of hydrogen-bond acceptors (Lipinski definition) is 8. The smallest absolute Gasteiger partial charge is 0.249 e. The molecule has 3 heterocycles. The number of nitrogens with zero attached hydrogens (tertiary/aromatic N) is 3. The standard InChI is InChI=1S/C28H31N5O6.HI/c29-26(37)19-9-12-32(13-10-19)11-4-14-38-20-6-3-5-18(15-20)16-30-28-31-21-7-1-2-8-22(21)33(28)27-25(36)24(35)23(17-34)39-27;/h1-3,5-10,12-13,15,23-25,27,34-36H,4,11,14,16-17H2,(H2-,29,30,31,37);1H/t23-,24-,25-,27-;/m1./s1. The van der Waals surface area contributed by atoms with E-state index in [9.17, 15) is 20.1 Å². The second kappa shape index (κ2) is 13.4. The number of para-hydroxylation sites is 2. The first kappa shape index (κ1) is 29.7. The molecule has 5 rings (SSSR count). The van der Waals surface area contributed by atoms with E-state index >= 15 is 0 Å². The lowest BCUT2D eigenvalue weighted by molar-refractivity contribution is -0.697. The van der Waals surface area contributed by atoms with Gasteiger partial charge in [0.2, 0.25) is 11.9 Å². The van der Waals surface area contributed by atoms with Gasteiger partial charge in [-0.2, -0.15) is 0 Å². The summed E-state index contributed by atoms with van der Waals surface area (Å²) in [7, 11) is 0. The topological polar surface area (TPSA) is 156 Å². The maximum atomic E-state index is 11.2. The van der Waals surface area contributed by atoms with Gasteiger partial charge in [-0.05, 0) is 29.8 Å². The lowest BCUT2D eigenvalue weighted by Crippen LogP contribution is -3.00. The van der Waals surface area contributed by atoms with Crippen molar-refractivity contribution in [1.82, 2.24) is 9.55 Å². The molecule has 2 aromatic heterocycles. The molecule has 6 N–H and O–H groups in total. The van der Waals surface area contributed by atoms with Crippen LogP contribution in [0.5, 0.6) is 5.75 Å². The van der Waals surface area contributed by atoms with E-state index in [1.807, 2.05) is 65.5 Å². The second-order valence-electron chi connectivity index (χ2n) is 9.41. The Balaban J connectivity index is 0.00000370. The number of benzene rings is 2. The predicted octanol–water partition coefficient (Wildman–Crippen LogP) is -1.88. The third kappa shape index (κ3) is 6.53. The molecule has 0 saturated carbocycles. The zero-order valence-electron chi connectivity index (χ0n) is 21.6. The average molecular weight is 661 g/mol. The Morgan fingerprint density at radius 1 is 1.10 bits per heavy atom. The highest BCUT2D eigenvalue weighted by Gasteiger charge is 2.44. The number of fused-ring (bicyclic) bond motifs is 1. The molecule has 12 heteroatoms. The number of primary amides is 1. The van der Waals surface area contributed by atoms with Gasteiger partial charge >= 0.3 is 0 Å². The second-order valence-corrected chi connectivity index (χ2v) is 9.41. The molecule has 1 saturated heterocycles. The lowest BCUT2D eigenvalue weighted by Gasteiger charge is -2.20. The molecule has 11 nitrogen and oxygen atoms in total. The molecule has 0 bridgehead atoms. The van der Waals surface area contributed by atoms with Crippen LogP contribution >= 0.6 is 0 Å². The van der Waals surface area contributed by atoms with Crippen LogP contribution in [0.2, 0.25) is 0 Å². The summed E-state index contributed by atoms with van der Waals surface area (Å²) in [5.41, 5.74) is 8.15. The van der Waals surface area contributed by atoms with Gasteiger partial charge in [0.15, 0.2) is 25.2 Å². The molecule has 0 radical (unpaired) electrons. The molecule has 2 aromatic carbocycles. The third-order valence-corrected chi connectivity index (χ3v) is 6.72. The number of nitrogens with one attached hydrogen (secondary N) is 1. The quantitative estimate of drug-likeness (QED) is 0.0711. The molecule has 4 aromatic rings. The van der Waals surface area contributed by atoms with E-state index in [1.54, 1.807) is 16.7 Å². The van der Waals surface area contributed by atoms with Gasteiger partial charge in [0, 0.05) is 25.1 Å². The third-order valence-electron chi connectivity index (χ3n) is 6.72. The normalized spacial score (nSPS) is 20.3. The zero-order valence-corrected chi connectivity index (χ0v) is 23.8. The highest BCUT2D eigenvalue weighted by Crippen LogP contribution is 2.35. The molecule has 0 aliphatic carbocycles. The van der Waals surface area contributed by atoms with Gasteiger partial charge in [0.25, 0.3) is 0 Å². The van der Waals surface area contributed by atoms with Gasteiger partial charge in [0.1, 0.15) is 24.1 Å². The van der Waals surface area contributed by atoms with Gasteiger partial charge in [-0.15, -0.1) is 0 Å². The molecular weight excluding hydrogens is 629 g/mol. The van der Waals surface area contributed by atoms with Crippen LogP contribution in [0.3, 0.4) is 0 Å². The molecule has 1 aliphatic heterocycles. The largest absolute Gasteiger partial charge is 1.00 e. The monoisotopic (exact) mass is 661 g/mol. The molecule has 0 spiro atoms. The van der Waals surface area contributed by atoms with Crippen molar-refractivity contribution in [3.8, 4) is 5.75 Å². The van der Waals surface area contributed by atoms with Crippen LogP contribution in [0, 0.1) is 0 Å². The molecule has 1 aliphatic rings. The summed E-state index contributed by atoms with van der Waals surface area (Å²) in [5, 5.41) is 33.8. The summed E-state index contributed by atoms with van der Waals surface area (Å²) in [6.45, 7) is 1.27. The number of ether oxygens (including phenoxy) is 2. The highest BCUT2D eigenvalue weighted by molar-refractivity contribution is 5.92. The number of pyridine rings is 1. The van der Waals surface area contributed by atoms with Crippen molar-refractivity contribution in [2.45, 2.75) is 44.1 Å². The van der Waals surface area contributed by atoms with Crippen LogP contribution < -0.4 is 44.3 Å². The first-order valence-corrected chi connectivity index (χ1v) is 12.8. The van der Waals surface area contributed by atoms with Crippen LogP contribution in [-0.4, -0.2) is 62.3 Å². The van der Waals surface area contributed by atoms with E-state index in [4.69, 9.17) is 15.2 Å². The van der Waals surface area contributed by atoms with Gasteiger partial charge in [-0.1, -0.05) is 24.3 Å². The first-order valence-electron chi connectivity index (χ1n) is 12.8. The number of aromatic nitrogens is 3. The Bertz CT molecular complexity index is 1430. The predicted molar refractivity (Wildman–Crippen MR) is 142 cm³/mol. The van der Waals surface area contributed by atoms with Crippen LogP contribution in [-0.2, 0) is 17.8 Å². The van der Waals surface area contributed by atoms with Crippen LogP contribution in [0.15, 0.2) is 73.1 Å². The van der Waals surface area contributed by atoms with E-state index < -0.39 is 37.1 Å². The number of hydrogen-bond donors (Lipinski definition) is 5. The number of aliphatic hydroxyl groups is 3. The molecule has 1 fully saturated rings. The highest BCUT2D eigenvalue weighted by atomic mass is 127. The van der Waals surface area contributed by atoms with E-state index in [-0.39, 0.29) is 24.0 Å². The minimum Gasteiger partial charge on any atom is -1.00 e. The molecule has 1 amide bonds. The summed E-state index contributed by atoms with van der Waals surface area (Å²) in [6.07, 6.45) is 0.177. The summed E-state index contributed by atoms with van der Waals surface area (Å²) in [5.74, 6) is 0.757. The van der Waals surface area contributed by atoms with E-state index in [0.29, 0.717) is 30.2 Å². The van der Waals surface area contributed by atoms with Gasteiger partial charge in [0.05, 0.1) is 29.8 Å². The van der Waals surface area contributed by atoms with Crippen molar-refractivity contribution in [2.75, 3.05) is 18.5 Å². The number of nitrogens with two attached hydrogens (primary N) is 1. The fourth-order valence-corrected chi connectivity index (χ4v) is 4.65. The Hall–Kier alpha value is -3.30. The van der Waals surface area contributed by atoms with E-state index in [0.717, 1.165) is 29.8 Å². The maximum Gasteiger partial charge on any atom is 0.249 e. The number of carbonyl (C=O) groups is 1. The van der Waals surface area contributed by atoms with Crippen molar-refractivity contribution in [2.24, 2.45) is 5.73 Å². The fraction of sp³-hybridized carbons (Fsp3) is 0.321. The Kier molecular flexibility index (Phi) is 9.92. The Morgan fingerprint density at radius 3 is 2.60 bits per heavy atom. The van der Waals surface area contributed by atoms with Crippen molar-refractivity contribution < 1.29 is 58.1 Å². The number of anilines is 1.